The van der Waals surface area contributed by atoms with Crippen LogP contribution in [0.5, 0.6) is 0 Å². The van der Waals surface area contributed by atoms with Crippen molar-refractivity contribution in [1.82, 2.24) is 5.32 Å². The Labute approximate surface area is 109 Å². The summed E-state index contributed by atoms with van der Waals surface area (Å²) in [4.78, 5) is 11.8. The first-order chi connectivity index (χ1) is 8.72. The zero-order valence-electron chi connectivity index (χ0n) is 11.1. The van der Waals surface area contributed by atoms with Crippen molar-refractivity contribution < 1.29 is 9.53 Å². The normalized spacial score (nSPS) is 18.1. The number of nitrogens with one attached hydrogen (secondary N) is 1. The Kier molecular flexibility index (Phi) is 4.37. The highest BCUT2D eigenvalue weighted by molar-refractivity contribution is 5.78. The molecule has 1 N–H and O–H groups in total. The Morgan fingerprint density at radius 1 is 1.39 bits per heavy atom. The van der Waals surface area contributed by atoms with Crippen LogP contribution in [0.2, 0.25) is 0 Å². The van der Waals surface area contributed by atoms with E-state index in [-0.39, 0.29) is 11.9 Å². The second-order valence-electron chi connectivity index (χ2n) is 5.02. The van der Waals surface area contributed by atoms with E-state index in [2.05, 4.69) is 12.2 Å². The molecule has 1 aliphatic rings. The number of carbonyl (C=O) groups is 1. The molecule has 0 heterocycles. The summed E-state index contributed by atoms with van der Waals surface area (Å²) in [7, 11) is 1.45. The number of esters is 1. The lowest BCUT2D eigenvalue weighted by molar-refractivity contribution is -0.142. The molecular weight excluding hydrogens is 226 g/mol. The number of benzene rings is 1. The quantitative estimate of drug-likeness (QED) is 0.784. The van der Waals surface area contributed by atoms with Crippen molar-refractivity contribution in [2.75, 3.05) is 13.7 Å². The van der Waals surface area contributed by atoms with E-state index in [1.54, 1.807) is 0 Å². The first-order valence-corrected chi connectivity index (χ1v) is 6.58. The monoisotopic (exact) mass is 247 g/mol. The molecule has 18 heavy (non-hydrogen) atoms. The van der Waals surface area contributed by atoms with Gasteiger partial charge in [0.25, 0.3) is 0 Å². The van der Waals surface area contributed by atoms with Gasteiger partial charge in [0, 0.05) is 12.6 Å². The fourth-order valence-electron chi connectivity index (χ4n) is 2.23. The van der Waals surface area contributed by atoms with Crippen molar-refractivity contribution in [3.8, 4) is 0 Å². The molecule has 1 aromatic rings. The number of carbonyl (C=O) groups excluding carboxylic acids is 1. The minimum absolute atomic E-state index is 0.170. The fraction of sp³-hybridized carbons (Fsp3) is 0.533. The van der Waals surface area contributed by atoms with Gasteiger partial charge in [0.15, 0.2) is 0 Å². The maximum absolute atomic E-state index is 11.8. The molecule has 0 bridgehead atoms. The molecule has 0 aliphatic heterocycles. The number of hydrogen-bond donors (Lipinski definition) is 1. The van der Waals surface area contributed by atoms with Crippen LogP contribution in [-0.2, 0) is 9.53 Å². The number of methoxy groups -OCH3 is 1. The van der Waals surface area contributed by atoms with Crippen LogP contribution in [0.3, 0.4) is 0 Å². The molecule has 0 aromatic heterocycles. The zero-order valence-corrected chi connectivity index (χ0v) is 11.1. The molecule has 0 spiro atoms. The highest BCUT2D eigenvalue weighted by atomic mass is 16.5. The maximum atomic E-state index is 11.8. The van der Waals surface area contributed by atoms with E-state index in [9.17, 15) is 4.79 Å². The average molecular weight is 247 g/mol. The molecular formula is C15H21NO2. The van der Waals surface area contributed by atoms with E-state index in [0.29, 0.717) is 12.6 Å². The summed E-state index contributed by atoms with van der Waals surface area (Å²) in [6.07, 6.45) is 2.62. The van der Waals surface area contributed by atoms with Gasteiger partial charge in [0.2, 0.25) is 0 Å². The van der Waals surface area contributed by atoms with Gasteiger partial charge in [-0.25, -0.2) is 0 Å². The molecule has 0 saturated heterocycles. The Bertz CT molecular complexity index is 387. The molecule has 1 saturated carbocycles. The summed E-state index contributed by atoms with van der Waals surface area (Å²) < 4.78 is 4.90. The average Bonchev–Trinajstić information content (AvgIpc) is 3.24. The molecule has 0 amide bonds. The Hall–Kier alpha value is -1.35. The number of hydrogen-bond acceptors (Lipinski definition) is 3. The molecule has 2 atom stereocenters. The van der Waals surface area contributed by atoms with E-state index in [1.807, 2.05) is 30.3 Å². The van der Waals surface area contributed by atoms with Crippen LogP contribution in [0.15, 0.2) is 30.3 Å². The minimum Gasteiger partial charge on any atom is -0.469 e. The lowest BCUT2D eigenvalue weighted by Crippen LogP contribution is -2.34. The van der Waals surface area contributed by atoms with Crippen molar-refractivity contribution in [2.45, 2.75) is 31.7 Å². The molecule has 2 rings (SSSR count). The smallest absolute Gasteiger partial charge is 0.314 e. The zero-order chi connectivity index (χ0) is 13.0. The third-order valence-corrected chi connectivity index (χ3v) is 3.66. The van der Waals surface area contributed by atoms with E-state index in [1.165, 1.54) is 20.0 Å². The van der Waals surface area contributed by atoms with Crippen molar-refractivity contribution in [2.24, 2.45) is 5.92 Å². The Morgan fingerprint density at radius 2 is 2.06 bits per heavy atom. The van der Waals surface area contributed by atoms with E-state index in [4.69, 9.17) is 4.74 Å². The molecule has 2 unspecified atom stereocenters. The third kappa shape index (κ3) is 3.33. The van der Waals surface area contributed by atoms with Crippen LogP contribution in [0.1, 0.15) is 31.2 Å². The molecule has 3 nitrogen and oxygen atoms in total. The van der Waals surface area contributed by atoms with Crippen LogP contribution in [0, 0.1) is 5.92 Å². The van der Waals surface area contributed by atoms with Crippen LogP contribution >= 0.6 is 0 Å². The van der Waals surface area contributed by atoms with Gasteiger partial charge in [-0.3, -0.25) is 4.79 Å². The summed E-state index contributed by atoms with van der Waals surface area (Å²) in [5, 5.41) is 3.46. The minimum atomic E-state index is -0.211. The molecule has 0 radical (unpaired) electrons. The molecule has 3 heteroatoms. The van der Waals surface area contributed by atoms with Crippen molar-refractivity contribution >= 4 is 5.97 Å². The fourth-order valence-corrected chi connectivity index (χ4v) is 2.23. The first-order valence-electron chi connectivity index (χ1n) is 6.58. The van der Waals surface area contributed by atoms with Crippen LogP contribution in [0.4, 0.5) is 0 Å². The van der Waals surface area contributed by atoms with Gasteiger partial charge in [-0.2, -0.15) is 0 Å². The third-order valence-electron chi connectivity index (χ3n) is 3.66. The second-order valence-corrected chi connectivity index (χ2v) is 5.02. The Morgan fingerprint density at radius 3 is 2.61 bits per heavy atom. The van der Waals surface area contributed by atoms with Gasteiger partial charge < -0.3 is 10.1 Å². The highest BCUT2D eigenvalue weighted by Crippen LogP contribution is 2.32. The van der Waals surface area contributed by atoms with E-state index >= 15 is 0 Å². The summed E-state index contributed by atoms with van der Waals surface area (Å²) in [6.45, 7) is 2.84. The summed E-state index contributed by atoms with van der Waals surface area (Å²) in [5.41, 5.74) is 1.01. The van der Waals surface area contributed by atoms with Crippen molar-refractivity contribution in [3.05, 3.63) is 35.9 Å². The lowest BCUT2D eigenvalue weighted by atomic mass is 9.98. The summed E-state index contributed by atoms with van der Waals surface area (Å²) in [6, 6.07) is 10.3. The standard InChI is InChI=1S/C15H21NO2/c1-11(12-8-9-12)16-10-14(15(17)18-2)13-6-4-3-5-7-13/h3-7,11-12,14,16H,8-10H2,1-2H3. The summed E-state index contributed by atoms with van der Waals surface area (Å²) >= 11 is 0. The molecule has 98 valence electrons. The highest BCUT2D eigenvalue weighted by Gasteiger charge is 2.29. The summed E-state index contributed by atoms with van der Waals surface area (Å²) in [5.74, 6) is 0.410. The van der Waals surface area contributed by atoms with Gasteiger partial charge in [-0.1, -0.05) is 30.3 Å². The van der Waals surface area contributed by atoms with Gasteiger partial charge >= 0.3 is 5.97 Å². The lowest BCUT2D eigenvalue weighted by Gasteiger charge is -2.19. The first kappa shape index (κ1) is 13.1. The van der Waals surface area contributed by atoms with E-state index in [0.717, 1.165) is 11.5 Å². The van der Waals surface area contributed by atoms with Crippen LogP contribution in [0.25, 0.3) is 0 Å². The number of ether oxygens (including phenoxy) is 1. The van der Waals surface area contributed by atoms with Gasteiger partial charge in [0.1, 0.15) is 0 Å². The van der Waals surface area contributed by atoms with Crippen LogP contribution in [-0.4, -0.2) is 25.7 Å². The van der Waals surface area contributed by atoms with Crippen molar-refractivity contribution in [3.63, 3.8) is 0 Å². The molecule has 1 aromatic carbocycles. The van der Waals surface area contributed by atoms with Crippen molar-refractivity contribution in [1.29, 1.82) is 0 Å². The largest absolute Gasteiger partial charge is 0.469 e. The molecule has 1 fully saturated rings. The topological polar surface area (TPSA) is 38.3 Å². The van der Waals surface area contributed by atoms with E-state index < -0.39 is 0 Å². The van der Waals surface area contributed by atoms with Gasteiger partial charge in [-0.05, 0) is 31.2 Å². The van der Waals surface area contributed by atoms with Gasteiger partial charge in [-0.15, -0.1) is 0 Å². The molecule has 1 aliphatic carbocycles. The Balaban J connectivity index is 1.98. The predicted molar refractivity (Wildman–Crippen MR) is 71.4 cm³/mol. The maximum Gasteiger partial charge on any atom is 0.314 e. The number of rotatable bonds is 6. The van der Waals surface area contributed by atoms with Gasteiger partial charge in [0.05, 0.1) is 13.0 Å². The second kappa shape index (κ2) is 6.01. The predicted octanol–water partition coefficient (Wildman–Crippen LogP) is 2.33. The SMILES string of the molecule is COC(=O)C(CNC(C)C1CC1)c1ccccc1. The van der Waals surface area contributed by atoms with Crippen LogP contribution < -0.4 is 5.32 Å².